The molecule has 1 nitrogen and oxygen atoms in total. The van der Waals surface area contributed by atoms with E-state index >= 15 is 0 Å². The Morgan fingerprint density at radius 1 is 1.64 bits per heavy atom. The minimum Gasteiger partial charge on any atom is -0.319 e. The van der Waals surface area contributed by atoms with Gasteiger partial charge in [-0.15, -0.1) is 6.58 Å². The van der Waals surface area contributed by atoms with E-state index in [1.807, 2.05) is 18.8 Å². The molecule has 0 aromatic carbocycles. The Labute approximate surface area is 74.6 Å². The summed E-state index contributed by atoms with van der Waals surface area (Å²) < 4.78 is 0. The maximum absolute atomic E-state index is 3.86. The summed E-state index contributed by atoms with van der Waals surface area (Å²) in [5.74, 6) is 1.21. The molecule has 1 unspecified atom stereocenters. The van der Waals surface area contributed by atoms with Gasteiger partial charge in [-0.1, -0.05) is 13.0 Å². The zero-order valence-corrected chi connectivity index (χ0v) is 8.63. The smallest absolute Gasteiger partial charge is 0.00370 e. The van der Waals surface area contributed by atoms with E-state index in [1.54, 1.807) is 0 Å². The van der Waals surface area contributed by atoms with Crippen LogP contribution < -0.4 is 5.32 Å². The average Bonchev–Trinajstić information content (AvgIpc) is 2.02. The molecule has 0 aliphatic heterocycles. The van der Waals surface area contributed by atoms with Crippen molar-refractivity contribution in [3.05, 3.63) is 12.7 Å². The van der Waals surface area contributed by atoms with Crippen LogP contribution in [0.15, 0.2) is 12.7 Å². The van der Waals surface area contributed by atoms with Crippen LogP contribution in [0.4, 0.5) is 0 Å². The van der Waals surface area contributed by atoms with Crippen molar-refractivity contribution in [1.82, 2.24) is 5.32 Å². The molecule has 0 fully saturated rings. The molecule has 0 aromatic rings. The molecule has 66 valence electrons. The molecule has 0 aliphatic carbocycles. The second-order valence-corrected chi connectivity index (χ2v) is 4.12. The van der Waals surface area contributed by atoms with Gasteiger partial charge in [-0.25, -0.2) is 0 Å². The van der Waals surface area contributed by atoms with Crippen molar-refractivity contribution in [2.45, 2.75) is 13.3 Å². The van der Waals surface area contributed by atoms with Crippen molar-refractivity contribution < 1.29 is 0 Å². The fourth-order valence-electron chi connectivity index (χ4n) is 1.00. The molecule has 0 aliphatic rings. The maximum atomic E-state index is 3.86. The van der Waals surface area contributed by atoms with Gasteiger partial charge in [-0.3, -0.25) is 0 Å². The van der Waals surface area contributed by atoms with E-state index in [0.29, 0.717) is 0 Å². The molecule has 2 heteroatoms. The SMILES string of the molecule is C=CC(C)(CCSC)CNC. The molecule has 1 atom stereocenters. The van der Waals surface area contributed by atoms with Crippen LogP contribution in [0.3, 0.4) is 0 Å². The van der Waals surface area contributed by atoms with E-state index in [4.69, 9.17) is 0 Å². The lowest BCUT2D eigenvalue weighted by atomic mass is 9.88. The third-order valence-electron chi connectivity index (χ3n) is 1.95. The molecule has 0 amide bonds. The third kappa shape index (κ3) is 4.49. The normalized spacial score (nSPS) is 15.9. The molecule has 0 rings (SSSR count). The highest BCUT2D eigenvalue weighted by molar-refractivity contribution is 7.98. The Morgan fingerprint density at radius 2 is 2.27 bits per heavy atom. The fourth-order valence-corrected chi connectivity index (χ4v) is 1.67. The molecule has 0 saturated heterocycles. The Kier molecular flexibility index (Phi) is 5.69. The van der Waals surface area contributed by atoms with Gasteiger partial charge < -0.3 is 5.32 Å². The molecule has 11 heavy (non-hydrogen) atoms. The minimum absolute atomic E-state index is 0.276. The second kappa shape index (κ2) is 5.67. The van der Waals surface area contributed by atoms with Crippen molar-refractivity contribution in [2.24, 2.45) is 5.41 Å². The van der Waals surface area contributed by atoms with E-state index < -0.39 is 0 Å². The molecular formula is C9H19NS. The van der Waals surface area contributed by atoms with Crippen LogP contribution in [0.2, 0.25) is 0 Å². The molecule has 0 spiro atoms. The van der Waals surface area contributed by atoms with E-state index in [-0.39, 0.29) is 5.41 Å². The minimum atomic E-state index is 0.276. The first kappa shape index (κ1) is 11.1. The second-order valence-electron chi connectivity index (χ2n) is 3.13. The molecule has 0 bridgehead atoms. The maximum Gasteiger partial charge on any atom is 0.00370 e. The highest BCUT2D eigenvalue weighted by Crippen LogP contribution is 2.23. The Balaban J connectivity index is 3.77. The molecule has 0 saturated carbocycles. The standard InChI is InChI=1S/C9H19NS/c1-5-9(2,8-10-3)6-7-11-4/h5,10H,1,6-8H2,2-4H3. The highest BCUT2D eigenvalue weighted by atomic mass is 32.2. The lowest BCUT2D eigenvalue weighted by Gasteiger charge is -2.24. The van der Waals surface area contributed by atoms with E-state index in [2.05, 4.69) is 31.2 Å². The summed E-state index contributed by atoms with van der Waals surface area (Å²) in [5, 5.41) is 3.19. The fraction of sp³-hybridized carbons (Fsp3) is 0.778. The first-order valence-electron chi connectivity index (χ1n) is 3.95. The van der Waals surface area contributed by atoms with Crippen LogP contribution in [0.25, 0.3) is 0 Å². The summed E-state index contributed by atoms with van der Waals surface area (Å²) in [5.41, 5.74) is 0.276. The summed E-state index contributed by atoms with van der Waals surface area (Å²) in [6.07, 6.45) is 5.40. The van der Waals surface area contributed by atoms with E-state index in [9.17, 15) is 0 Å². The van der Waals surface area contributed by atoms with Crippen LogP contribution >= 0.6 is 11.8 Å². The van der Waals surface area contributed by atoms with Crippen molar-refractivity contribution in [3.8, 4) is 0 Å². The summed E-state index contributed by atoms with van der Waals surface area (Å²) in [4.78, 5) is 0. The average molecular weight is 173 g/mol. The zero-order chi connectivity index (χ0) is 8.74. The van der Waals surface area contributed by atoms with Crippen LogP contribution in [-0.2, 0) is 0 Å². The Morgan fingerprint density at radius 3 is 2.64 bits per heavy atom. The van der Waals surface area contributed by atoms with Crippen LogP contribution in [0, 0.1) is 5.41 Å². The zero-order valence-electron chi connectivity index (χ0n) is 7.81. The predicted molar refractivity (Wildman–Crippen MR) is 55.2 cm³/mol. The summed E-state index contributed by atoms with van der Waals surface area (Å²) in [6.45, 7) is 7.12. The number of hydrogen-bond donors (Lipinski definition) is 1. The number of hydrogen-bond acceptors (Lipinski definition) is 2. The van der Waals surface area contributed by atoms with Gasteiger partial charge in [0.15, 0.2) is 0 Å². The molecule has 0 radical (unpaired) electrons. The van der Waals surface area contributed by atoms with Gasteiger partial charge >= 0.3 is 0 Å². The topological polar surface area (TPSA) is 12.0 Å². The Bertz CT molecular complexity index is 114. The first-order chi connectivity index (χ1) is 5.18. The van der Waals surface area contributed by atoms with Gasteiger partial charge in [-0.2, -0.15) is 11.8 Å². The largest absolute Gasteiger partial charge is 0.319 e. The van der Waals surface area contributed by atoms with Crippen LogP contribution in [-0.4, -0.2) is 25.6 Å². The van der Waals surface area contributed by atoms with Crippen molar-refractivity contribution in [2.75, 3.05) is 25.6 Å². The van der Waals surface area contributed by atoms with Crippen molar-refractivity contribution in [3.63, 3.8) is 0 Å². The summed E-state index contributed by atoms with van der Waals surface area (Å²) in [6, 6.07) is 0. The molecular weight excluding hydrogens is 154 g/mol. The van der Waals surface area contributed by atoms with Gasteiger partial charge in [0.05, 0.1) is 0 Å². The van der Waals surface area contributed by atoms with Gasteiger partial charge in [0.1, 0.15) is 0 Å². The monoisotopic (exact) mass is 173 g/mol. The number of nitrogens with one attached hydrogen (secondary N) is 1. The number of rotatable bonds is 6. The summed E-state index contributed by atoms with van der Waals surface area (Å²) >= 11 is 1.89. The van der Waals surface area contributed by atoms with Gasteiger partial charge in [0, 0.05) is 6.54 Å². The first-order valence-corrected chi connectivity index (χ1v) is 5.35. The highest BCUT2D eigenvalue weighted by Gasteiger charge is 2.17. The van der Waals surface area contributed by atoms with E-state index in [0.717, 1.165) is 6.54 Å². The molecule has 0 aromatic heterocycles. The Hall–Kier alpha value is 0.0500. The predicted octanol–water partition coefficient (Wildman–Crippen LogP) is 2.15. The van der Waals surface area contributed by atoms with Crippen molar-refractivity contribution in [1.29, 1.82) is 0 Å². The van der Waals surface area contributed by atoms with Gasteiger partial charge in [0.25, 0.3) is 0 Å². The third-order valence-corrected chi connectivity index (χ3v) is 2.56. The van der Waals surface area contributed by atoms with Crippen LogP contribution in [0.1, 0.15) is 13.3 Å². The van der Waals surface area contributed by atoms with E-state index in [1.165, 1.54) is 12.2 Å². The van der Waals surface area contributed by atoms with Crippen molar-refractivity contribution >= 4 is 11.8 Å². The molecule has 1 N–H and O–H groups in total. The van der Waals surface area contributed by atoms with Crippen LogP contribution in [0.5, 0.6) is 0 Å². The summed E-state index contributed by atoms with van der Waals surface area (Å²) in [7, 11) is 1.99. The quantitative estimate of drug-likeness (QED) is 0.618. The lowest BCUT2D eigenvalue weighted by molar-refractivity contribution is 0.398. The van der Waals surface area contributed by atoms with Gasteiger partial charge in [0.2, 0.25) is 0 Å². The molecule has 0 heterocycles. The van der Waals surface area contributed by atoms with Gasteiger partial charge in [-0.05, 0) is 30.9 Å². The lowest BCUT2D eigenvalue weighted by Crippen LogP contribution is -2.28. The number of thioether (sulfide) groups is 1.